The number of fused-ring (bicyclic) bond motifs is 1. The van der Waals surface area contributed by atoms with Crippen LogP contribution in [0.5, 0.6) is 17.2 Å². The molecule has 2 heterocycles. The number of rotatable bonds is 5. The van der Waals surface area contributed by atoms with E-state index < -0.39 is 11.8 Å². The fraction of sp³-hybridized carbons (Fsp3) is 0.0833. The molecule has 2 aliphatic rings. The summed E-state index contributed by atoms with van der Waals surface area (Å²) in [6.45, 7) is 0.137. The summed E-state index contributed by atoms with van der Waals surface area (Å²) in [7, 11) is 1.56. The molecule has 0 saturated carbocycles. The molecule has 0 radical (unpaired) electrons. The van der Waals surface area contributed by atoms with Crippen molar-refractivity contribution < 1.29 is 23.8 Å². The van der Waals surface area contributed by atoms with Crippen LogP contribution in [0.2, 0.25) is 5.02 Å². The summed E-state index contributed by atoms with van der Waals surface area (Å²) in [5, 5.41) is 3.53. The monoisotopic (exact) mass is 448 g/mol. The fourth-order valence-corrected chi connectivity index (χ4v) is 3.82. The van der Waals surface area contributed by atoms with Gasteiger partial charge >= 0.3 is 0 Å². The Labute approximate surface area is 188 Å². The van der Waals surface area contributed by atoms with Crippen molar-refractivity contribution in [1.29, 1.82) is 0 Å². The molecule has 8 heteroatoms. The molecule has 7 nitrogen and oxygen atoms in total. The van der Waals surface area contributed by atoms with E-state index in [1.165, 1.54) is 0 Å². The van der Waals surface area contributed by atoms with Crippen LogP contribution in [0, 0.1) is 0 Å². The zero-order valence-corrected chi connectivity index (χ0v) is 17.7. The summed E-state index contributed by atoms with van der Waals surface area (Å²) in [5.74, 6) is 0.883. The Morgan fingerprint density at radius 1 is 0.938 bits per heavy atom. The third kappa shape index (κ3) is 3.42. The van der Waals surface area contributed by atoms with E-state index in [9.17, 15) is 9.59 Å². The number of carbonyl (C=O) groups is 2. The topological polar surface area (TPSA) is 77.1 Å². The summed E-state index contributed by atoms with van der Waals surface area (Å²) in [6.07, 6.45) is 0. The standard InChI is InChI=1S/C24H17ClN2O5/c1-30-18-8-5-14(6-9-18)21-22(26-16-7-10-19-20(12-16)32-13-31-19)24(29)27(23(21)28)17-4-2-3-15(25)11-17/h2-12,26H,13H2,1H3. The van der Waals surface area contributed by atoms with Gasteiger partial charge in [-0.25, -0.2) is 4.90 Å². The number of carbonyl (C=O) groups excluding carboxylic acids is 2. The van der Waals surface area contributed by atoms with Crippen molar-refractivity contribution in [2.75, 3.05) is 24.1 Å². The first-order valence-corrected chi connectivity index (χ1v) is 10.1. The molecule has 0 unspecified atom stereocenters. The van der Waals surface area contributed by atoms with E-state index in [0.29, 0.717) is 39.2 Å². The molecule has 0 saturated heterocycles. The number of hydrogen-bond donors (Lipinski definition) is 1. The largest absolute Gasteiger partial charge is 0.497 e. The van der Waals surface area contributed by atoms with Gasteiger partial charge in [-0.15, -0.1) is 0 Å². The number of benzene rings is 3. The maximum atomic E-state index is 13.5. The number of anilines is 2. The van der Waals surface area contributed by atoms with Gasteiger partial charge in [-0.3, -0.25) is 9.59 Å². The molecule has 3 aromatic rings. The zero-order chi connectivity index (χ0) is 22.2. The Balaban J connectivity index is 1.59. The molecular formula is C24H17ClN2O5. The number of amides is 2. The molecule has 0 fully saturated rings. The molecule has 32 heavy (non-hydrogen) atoms. The van der Waals surface area contributed by atoms with Crippen LogP contribution in [-0.2, 0) is 9.59 Å². The first kappa shape index (κ1) is 20.0. The number of hydrogen-bond acceptors (Lipinski definition) is 6. The van der Waals surface area contributed by atoms with Gasteiger partial charge in [-0.1, -0.05) is 29.8 Å². The van der Waals surface area contributed by atoms with Gasteiger partial charge in [0.1, 0.15) is 11.4 Å². The van der Waals surface area contributed by atoms with Gasteiger partial charge in [-0.2, -0.15) is 0 Å². The maximum absolute atomic E-state index is 13.5. The minimum atomic E-state index is -0.485. The second-order valence-electron chi connectivity index (χ2n) is 7.10. The van der Waals surface area contributed by atoms with Crippen LogP contribution in [0.3, 0.4) is 0 Å². The summed E-state index contributed by atoms with van der Waals surface area (Å²) in [4.78, 5) is 28.0. The molecule has 0 atom stereocenters. The third-order valence-electron chi connectivity index (χ3n) is 5.17. The normalized spacial score (nSPS) is 14.9. The van der Waals surface area contributed by atoms with Crippen LogP contribution in [0.25, 0.3) is 5.57 Å². The van der Waals surface area contributed by atoms with E-state index in [4.69, 9.17) is 25.8 Å². The highest BCUT2D eigenvalue weighted by molar-refractivity contribution is 6.46. The number of nitrogens with zero attached hydrogens (tertiary/aromatic N) is 1. The van der Waals surface area contributed by atoms with Crippen LogP contribution in [0.4, 0.5) is 11.4 Å². The SMILES string of the molecule is COc1ccc(C2=C(Nc3ccc4c(c3)OCO4)C(=O)N(c3cccc(Cl)c3)C2=O)cc1. The van der Waals surface area contributed by atoms with Crippen LogP contribution < -0.4 is 24.4 Å². The lowest BCUT2D eigenvalue weighted by atomic mass is 10.0. The van der Waals surface area contributed by atoms with Gasteiger partial charge < -0.3 is 19.5 Å². The molecule has 160 valence electrons. The van der Waals surface area contributed by atoms with Crippen molar-refractivity contribution >= 4 is 40.4 Å². The Bertz CT molecular complexity index is 1270. The van der Waals surface area contributed by atoms with Gasteiger partial charge in [0.25, 0.3) is 11.8 Å². The van der Waals surface area contributed by atoms with Gasteiger partial charge in [0.15, 0.2) is 11.5 Å². The number of nitrogens with one attached hydrogen (secondary N) is 1. The Morgan fingerprint density at radius 3 is 2.47 bits per heavy atom. The Kier molecular flexibility index (Phi) is 4.95. The zero-order valence-electron chi connectivity index (χ0n) is 16.9. The Hall–Kier alpha value is -3.97. The minimum absolute atomic E-state index is 0.137. The van der Waals surface area contributed by atoms with Gasteiger partial charge in [0, 0.05) is 16.8 Å². The highest BCUT2D eigenvalue weighted by atomic mass is 35.5. The smallest absolute Gasteiger partial charge is 0.282 e. The lowest BCUT2D eigenvalue weighted by Crippen LogP contribution is -2.32. The molecular weight excluding hydrogens is 432 g/mol. The number of ether oxygens (including phenoxy) is 3. The van der Waals surface area contributed by atoms with Crippen LogP contribution >= 0.6 is 11.6 Å². The van der Waals surface area contributed by atoms with Gasteiger partial charge in [0.2, 0.25) is 6.79 Å². The summed E-state index contributed by atoms with van der Waals surface area (Å²) >= 11 is 6.11. The molecule has 5 rings (SSSR count). The first-order valence-electron chi connectivity index (χ1n) is 9.75. The van der Waals surface area contributed by atoms with E-state index >= 15 is 0 Å². The van der Waals surface area contributed by atoms with Crippen molar-refractivity contribution in [3.05, 3.63) is 83.0 Å². The van der Waals surface area contributed by atoms with Crippen LogP contribution in [0.1, 0.15) is 5.56 Å². The predicted octanol–water partition coefficient (Wildman–Crippen LogP) is 4.47. The van der Waals surface area contributed by atoms with Crippen molar-refractivity contribution in [2.24, 2.45) is 0 Å². The average molecular weight is 449 g/mol. The van der Waals surface area contributed by atoms with Crippen molar-refractivity contribution in [1.82, 2.24) is 0 Å². The van der Waals surface area contributed by atoms with Crippen molar-refractivity contribution in [3.63, 3.8) is 0 Å². The van der Waals surface area contributed by atoms with E-state index in [2.05, 4.69) is 5.32 Å². The summed E-state index contributed by atoms with van der Waals surface area (Å²) < 4.78 is 16.0. The van der Waals surface area contributed by atoms with E-state index in [0.717, 1.165) is 4.90 Å². The third-order valence-corrected chi connectivity index (χ3v) is 5.41. The maximum Gasteiger partial charge on any atom is 0.282 e. The van der Waals surface area contributed by atoms with Gasteiger partial charge in [0.05, 0.1) is 18.4 Å². The predicted molar refractivity (Wildman–Crippen MR) is 120 cm³/mol. The number of methoxy groups -OCH3 is 1. The molecule has 3 aromatic carbocycles. The molecule has 0 aliphatic carbocycles. The molecule has 0 spiro atoms. The summed E-state index contributed by atoms with van der Waals surface area (Å²) in [5.41, 5.74) is 1.96. The quantitative estimate of drug-likeness (QED) is 0.580. The minimum Gasteiger partial charge on any atom is -0.497 e. The van der Waals surface area contributed by atoms with E-state index in [1.807, 2.05) is 0 Å². The van der Waals surface area contributed by atoms with Gasteiger partial charge in [-0.05, 0) is 48.0 Å². The van der Waals surface area contributed by atoms with Crippen molar-refractivity contribution in [3.8, 4) is 17.2 Å². The fourth-order valence-electron chi connectivity index (χ4n) is 3.64. The second-order valence-corrected chi connectivity index (χ2v) is 7.53. The average Bonchev–Trinajstić information content (AvgIpc) is 3.36. The van der Waals surface area contributed by atoms with Crippen molar-refractivity contribution in [2.45, 2.75) is 0 Å². The highest BCUT2D eigenvalue weighted by Crippen LogP contribution is 2.38. The Morgan fingerprint density at radius 2 is 1.72 bits per heavy atom. The van der Waals surface area contributed by atoms with E-state index in [1.54, 1.807) is 73.8 Å². The lowest BCUT2D eigenvalue weighted by molar-refractivity contribution is -0.120. The molecule has 2 aliphatic heterocycles. The number of halogens is 1. The molecule has 0 aromatic heterocycles. The van der Waals surface area contributed by atoms with E-state index in [-0.39, 0.29) is 18.1 Å². The lowest BCUT2D eigenvalue weighted by Gasteiger charge is -2.15. The molecule has 2 amide bonds. The first-order chi connectivity index (χ1) is 15.5. The van der Waals surface area contributed by atoms with Crippen LogP contribution in [0.15, 0.2) is 72.4 Å². The number of imide groups is 1. The molecule has 0 bridgehead atoms. The second kappa shape index (κ2) is 7.94. The van der Waals surface area contributed by atoms with Crippen LogP contribution in [-0.4, -0.2) is 25.7 Å². The summed E-state index contributed by atoms with van der Waals surface area (Å²) in [6, 6.07) is 18.8. The highest BCUT2D eigenvalue weighted by Gasteiger charge is 2.40. The molecule has 1 N–H and O–H groups in total.